The average Bonchev–Trinajstić information content (AvgIpc) is 3.04. The van der Waals surface area contributed by atoms with Crippen molar-refractivity contribution in [1.82, 2.24) is 10.2 Å². The quantitative estimate of drug-likeness (QED) is 0.750. The summed E-state index contributed by atoms with van der Waals surface area (Å²) < 4.78 is 0. The minimum absolute atomic E-state index is 0.356. The molecule has 1 aliphatic carbocycles. The molecule has 1 heterocycles. The van der Waals surface area contributed by atoms with Crippen molar-refractivity contribution in [2.75, 3.05) is 31.6 Å². The van der Waals surface area contributed by atoms with Gasteiger partial charge in [0.05, 0.1) is 5.75 Å². The summed E-state index contributed by atoms with van der Waals surface area (Å²) in [5.41, 5.74) is 0. The fourth-order valence-corrected chi connectivity index (χ4v) is 4.19. The van der Waals surface area contributed by atoms with Crippen LogP contribution in [0, 0.1) is 5.92 Å². The molecule has 18 heavy (non-hydrogen) atoms. The second-order valence-electron chi connectivity index (χ2n) is 5.52. The third kappa shape index (κ3) is 3.89. The number of thioether (sulfide) groups is 1. The first kappa shape index (κ1) is 14.2. The number of rotatable bonds is 6. The van der Waals surface area contributed by atoms with Gasteiger partial charge in [-0.05, 0) is 50.8 Å². The van der Waals surface area contributed by atoms with Crippen LogP contribution in [0.3, 0.4) is 0 Å². The molecule has 104 valence electrons. The molecule has 0 aromatic rings. The van der Waals surface area contributed by atoms with Crippen LogP contribution in [0.1, 0.15) is 38.5 Å². The first-order valence-electron chi connectivity index (χ1n) is 7.34. The zero-order chi connectivity index (χ0) is 12.8. The Balaban J connectivity index is 1.56. The molecule has 2 atom stereocenters. The predicted octanol–water partition coefficient (Wildman–Crippen LogP) is 2.12. The lowest BCUT2D eigenvalue weighted by atomic mass is 10.0. The number of carbonyl (C=O) groups excluding carboxylic acids is 1. The molecule has 1 aliphatic heterocycles. The van der Waals surface area contributed by atoms with Gasteiger partial charge in [0.15, 0.2) is 0 Å². The Hall–Kier alpha value is -0.220. The molecule has 2 rings (SSSR count). The van der Waals surface area contributed by atoms with Crippen LogP contribution >= 0.6 is 11.8 Å². The van der Waals surface area contributed by atoms with Crippen molar-refractivity contribution in [3.63, 3.8) is 0 Å². The summed E-state index contributed by atoms with van der Waals surface area (Å²) in [6, 6.07) is 0.722. The largest absolute Gasteiger partial charge is 0.342 e. The lowest BCUT2D eigenvalue weighted by molar-refractivity contribution is -0.127. The van der Waals surface area contributed by atoms with E-state index in [1.807, 2.05) is 16.7 Å². The van der Waals surface area contributed by atoms with Gasteiger partial charge in [0.25, 0.3) is 0 Å². The van der Waals surface area contributed by atoms with Gasteiger partial charge in [-0.15, -0.1) is 0 Å². The van der Waals surface area contributed by atoms with Crippen molar-refractivity contribution in [2.45, 2.75) is 44.6 Å². The Labute approximate surface area is 115 Å². The van der Waals surface area contributed by atoms with Crippen molar-refractivity contribution < 1.29 is 4.79 Å². The molecular formula is C14H26N2OS. The minimum atomic E-state index is 0.356. The molecule has 2 unspecified atom stereocenters. The molecule has 0 bridgehead atoms. The number of hydrogen-bond acceptors (Lipinski definition) is 3. The van der Waals surface area contributed by atoms with Gasteiger partial charge in [0, 0.05) is 19.1 Å². The maximum atomic E-state index is 11.9. The van der Waals surface area contributed by atoms with Gasteiger partial charge in [0.2, 0.25) is 5.91 Å². The highest BCUT2D eigenvalue weighted by atomic mass is 32.2. The average molecular weight is 270 g/mol. The van der Waals surface area contributed by atoms with E-state index in [4.69, 9.17) is 0 Å². The molecule has 3 nitrogen and oxygen atoms in total. The first-order chi connectivity index (χ1) is 8.81. The summed E-state index contributed by atoms with van der Waals surface area (Å²) in [7, 11) is 2.08. The maximum absolute atomic E-state index is 11.9. The van der Waals surface area contributed by atoms with Gasteiger partial charge < -0.3 is 10.2 Å². The molecule has 4 heteroatoms. The van der Waals surface area contributed by atoms with Crippen molar-refractivity contribution in [1.29, 1.82) is 0 Å². The van der Waals surface area contributed by atoms with Gasteiger partial charge in [-0.1, -0.05) is 6.42 Å². The lowest BCUT2D eigenvalue weighted by Crippen LogP contribution is -2.30. The number of likely N-dealkylation sites (tertiary alicyclic amines) is 1. The van der Waals surface area contributed by atoms with Crippen LogP contribution in [-0.4, -0.2) is 48.5 Å². The Morgan fingerprint density at radius 1 is 1.28 bits per heavy atom. The van der Waals surface area contributed by atoms with Gasteiger partial charge in [-0.25, -0.2) is 0 Å². The lowest BCUT2D eigenvalue weighted by Gasteiger charge is -2.19. The van der Waals surface area contributed by atoms with E-state index in [9.17, 15) is 4.79 Å². The monoisotopic (exact) mass is 270 g/mol. The van der Waals surface area contributed by atoms with Crippen LogP contribution in [-0.2, 0) is 4.79 Å². The molecule has 2 fully saturated rings. The summed E-state index contributed by atoms with van der Waals surface area (Å²) >= 11 is 1.83. The first-order valence-corrected chi connectivity index (χ1v) is 8.49. The van der Waals surface area contributed by atoms with E-state index in [0.29, 0.717) is 11.7 Å². The molecule has 0 spiro atoms. The van der Waals surface area contributed by atoms with E-state index >= 15 is 0 Å². The zero-order valence-corrected chi connectivity index (χ0v) is 12.3. The van der Waals surface area contributed by atoms with E-state index < -0.39 is 0 Å². The third-order valence-corrected chi connectivity index (χ3v) is 5.32. The Morgan fingerprint density at radius 3 is 2.78 bits per heavy atom. The van der Waals surface area contributed by atoms with Gasteiger partial charge >= 0.3 is 0 Å². The van der Waals surface area contributed by atoms with E-state index in [1.165, 1.54) is 38.5 Å². The predicted molar refractivity (Wildman–Crippen MR) is 77.9 cm³/mol. The standard InChI is InChI=1S/C14H26N2OS/c1-15-13-6-4-5-12(13)7-10-18-11-14(17)16-8-2-3-9-16/h12-13,15H,2-11H2,1H3. The Morgan fingerprint density at radius 2 is 2.06 bits per heavy atom. The van der Waals surface area contributed by atoms with E-state index in [-0.39, 0.29) is 0 Å². The van der Waals surface area contributed by atoms with E-state index in [2.05, 4.69) is 12.4 Å². The van der Waals surface area contributed by atoms with Crippen LogP contribution in [0.15, 0.2) is 0 Å². The van der Waals surface area contributed by atoms with Crippen LogP contribution in [0.25, 0.3) is 0 Å². The summed E-state index contributed by atoms with van der Waals surface area (Å²) in [4.78, 5) is 13.9. The number of nitrogens with zero attached hydrogens (tertiary/aromatic N) is 1. The summed E-state index contributed by atoms with van der Waals surface area (Å²) in [5, 5.41) is 3.42. The van der Waals surface area contributed by atoms with Crippen molar-refractivity contribution in [3.8, 4) is 0 Å². The molecular weight excluding hydrogens is 244 g/mol. The Kier molecular flexibility index (Phi) is 5.83. The molecule has 0 radical (unpaired) electrons. The number of amides is 1. The van der Waals surface area contributed by atoms with Crippen LogP contribution in [0.2, 0.25) is 0 Å². The summed E-state index contributed by atoms with van der Waals surface area (Å²) in [5.74, 6) is 3.03. The smallest absolute Gasteiger partial charge is 0.232 e. The highest BCUT2D eigenvalue weighted by Crippen LogP contribution is 2.29. The van der Waals surface area contributed by atoms with Gasteiger partial charge in [-0.3, -0.25) is 4.79 Å². The second kappa shape index (κ2) is 7.39. The third-order valence-electron chi connectivity index (χ3n) is 4.35. The SMILES string of the molecule is CNC1CCCC1CCSCC(=O)N1CCCC1. The number of nitrogens with one attached hydrogen (secondary N) is 1. The topological polar surface area (TPSA) is 32.3 Å². The highest BCUT2D eigenvalue weighted by molar-refractivity contribution is 7.99. The van der Waals surface area contributed by atoms with Crippen molar-refractivity contribution >= 4 is 17.7 Å². The van der Waals surface area contributed by atoms with Gasteiger partial charge in [-0.2, -0.15) is 11.8 Å². The second-order valence-corrected chi connectivity index (χ2v) is 6.62. The molecule has 1 N–H and O–H groups in total. The van der Waals surface area contributed by atoms with Crippen LogP contribution in [0.5, 0.6) is 0 Å². The maximum Gasteiger partial charge on any atom is 0.232 e. The van der Waals surface area contributed by atoms with Crippen LogP contribution < -0.4 is 5.32 Å². The minimum Gasteiger partial charge on any atom is -0.342 e. The summed E-state index contributed by atoms with van der Waals surface area (Å²) in [6.07, 6.45) is 7.73. The van der Waals surface area contributed by atoms with Crippen molar-refractivity contribution in [2.24, 2.45) is 5.92 Å². The van der Waals surface area contributed by atoms with Gasteiger partial charge in [0.1, 0.15) is 0 Å². The molecule has 2 aliphatic rings. The van der Waals surface area contributed by atoms with E-state index in [0.717, 1.165) is 30.8 Å². The molecule has 0 aromatic carbocycles. The van der Waals surface area contributed by atoms with Crippen molar-refractivity contribution in [3.05, 3.63) is 0 Å². The Bertz CT molecular complexity index is 267. The normalized spacial score (nSPS) is 27.9. The number of carbonyl (C=O) groups is 1. The zero-order valence-electron chi connectivity index (χ0n) is 11.5. The van der Waals surface area contributed by atoms with E-state index in [1.54, 1.807) is 0 Å². The molecule has 0 aromatic heterocycles. The highest BCUT2D eigenvalue weighted by Gasteiger charge is 2.25. The molecule has 1 saturated heterocycles. The molecule has 1 amide bonds. The fourth-order valence-electron chi connectivity index (χ4n) is 3.21. The fraction of sp³-hybridized carbons (Fsp3) is 0.929. The van der Waals surface area contributed by atoms with Crippen LogP contribution in [0.4, 0.5) is 0 Å². The number of hydrogen-bond donors (Lipinski definition) is 1. The summed E-state index contributed by atoms with van der Waals surface area (Å²) in [6.45, 7) is 1.98. The molecule has 1 saturated carbocycles.